The summed E-state index contributed by atoms with van der Waals surface area (Å²) in [7, 11) is -3.01. The third kappa shape index (κ3) is 6.10. The highest BCUT2D eigenvalue weighted by Gasteiger charge is 2.69. The van der Waals surface area contributed by atoms with E-state index in [1.54, 1.807) is 0 Å². The van der Waals surface area contributed by atoms with Crippen molar-refractivity contribution in [1.29, 1.82) is 0 Å². The number of carbonyl (C=O) groups excluding carboxylic acids is 1. The molecular formula is C45H71FN2O4S. The van der Waals surface area contributed by atoms with Crippen molar-refractivity contribution in [3.63, 3.8) is 0 Å². The molecule has 1 N–H and O–H groups in total. The Bertz CT molecular complexity index is 1600. The van der Waals surface area contributed by atoms with Crippen molar-refractivity contribution in [2.24, 2.45) is 57.2 Å². The van der Waals surface area contributed by atoms with E-state index in [2.05, 4.69) is 70.5 Å². The first-order valence-electron chi connectivity index (χ1n) is 21.3. The quantitative estimate of drug-likeness (QED) is 0.187. The van der Waals surface area contributed by atoms with Gasteiger partial charge in [0.05, 0.1) is 10.5 Å². The minimum Gasteiger partial charge on any atom is -0.458 e. The summed E-state index contributed by atoms with van der Waals surface area (Å²) in [6.45, 7) is 26.6. The zero-order chi connectivity index (χ0) is 38.4. The number of alkyl halides is 1. The molecule has 5 fully saturated rings. The highest BCUT2D eigenvalue weighted by atomic mass is 32.2. The van der Waals surface area contributed by atoms with Gasteiger partial charge >= 0.3 is 0 Å². The third-order valence-electron chi connectivity index (χ3n) is 18.0. The van der Waals surface area contributed by atoms with Gasteiger partial charge in [-0.1, -0.05) is 58.9 Å². The van der Waals surface area contributed by atoms with Crippen molar-refractivity contribution in [3.8, 4) is 0 Å². The van der Waals surface area contributed by atoms with Gasteiger partial charge in [0.25, 0.3) is 6.47 Å². The number of halogens is 1. The molecule has 1 saturated heterocycles. The van der Waals surface area contributed by atoms with Crippen molar-refractivity contribution >= 4 is 16.3 Å². The largest absolute Gasteiger partial charge is 0.458 e. The van der Waals surface area contributed by atoms with Crippen molar-refractivity contribution < 1.29 is 22.3 Å². The van der Waals surface area contributed by atoms with Crippen molar-refractivity contribution in [2.45, 2.75) is 148 Å². The van der Waals surface area contributed by atoms with Crippen LogP contribution in [0.1, 0.15) is 126 Å². The van der Waals surface area contributed by atoms with E-state index in [0.29, 0.717) is 79.4 Å². The molecule has 6 aliphatic carbocycles. The van der Waals surface area contributed by atoms with E-state index in [1.165, 1.54) is 61.7 Å². The molecule has 0 spiro atoms. The summed E-state index contributed by atoms with van der Waals surface area (Å²) in [6.07, 6.45) is 16.6. The molecule has 1 aliphatic heterocycles. The number of sulfone groups is 1. The maximum absolute atomic E-state index is 14.0. The Labute approximate surface area is 321 Å². The summed E-state index contributed by atoms with van der Waals surface area (Å²) < 4.78 is 44.5. The second-order valence-corrected chi connectivity index (χ2v) is 23.5. The van der Waals surface area contributed by atoms with Gasteiger partial charge < -0.3 is 10.1 Å². The number of hydrogen-bond donors (Lipinski definition) is 1. The molecule has 13 atom stereocenters. The van der Waals surface area contributed by atoms with E-state index in [-0.39, 0.29) is 26.7 Å². The molecule has 4 saturated carbocycles. The number of fused-ring (bicyclic) bond motifs is 7. The minimum atomic E-state index is -3.01. The molecule has 0 amide bonds. The lowest BCUT2D eigenvalue weighted by atomic mass is 9.33. The zero-order valence-corrected chi connectivity index (χ0v) is 35.1. The minimum absolute atomic E-state index is 0.0325. The van der Waals surface area contributed by atoms with Crippen LogP contribution in [0.25, 0.3) is 0 Å². The van der Waals surface area contributed by atoms with E-state index in [1.807, 2.05) is 13.8 Å². The molecule has 1 heterocycles. The normalized spacial score (nSPS) is 47.5. The van der Waals surface area contributed by atoms with Crippen LogP contribution in [-0.2, 0) is 19.4 Å². The van der Waals surface area contributed by atoms with Gasteiger partial charge in [-0.2, -0.15) is 0 Å². The van der Waals surface area contributed by atoms with Crippen LogP contribution in [0.3, 0.4) is 0 Å². The molecule has 53 heavy (non-hydrogen) atoms. The van der Waals surface area contributed by atoms with Crippen LogP contribution in [-0.4, -0.2) is 74.8 Å². The van der Waals surface area contributed by atoms with Crippen molar-refractivity contribution in [2.75, 3.05) is 32.9 Å². The van der Waals surface area contributed by atoms with E-state index in [0.717, 1.165) is 25.9 Å². The highest BCUT2D eigenvalue weighted by molar-refractivity contribution is 7.92. The van der Waals surface area contributed by atoms with Gasteiger partial charge in [-0.25, -0.2) is 12.8 Å². The summed E-state index contributed by atoms with van der Waals surface area (Å²) in [5.74, 6) is 3.91. The molecular weight excluding hydrogens is 684 g/mol. The van der Waals surface area contributed by atoms with E-state index in [9.17, 15) is 17.6 Å². The average Bonchev–Trinajstić information content (AvgIpc) is 3.47. The molecule has 6 nitrogen and oxygen atoms in total. The Hall–Kier alpha value is -1.51. The lowest BCUT2D eigenvalue weighted by Crippen LogP contribution is -2.64. The van der Waals surface area contributed by atoms with Crippen LogP contribution in [0.15, 0.2) is 35.5 Å². The van der Waals surface area contributed by atoms with Crippen LogP contribution < -0.4 is 5.32 Å². The maximum atomic E-state index is 14.0. The van der Waals surface area contributed by atoms with E-state index < -0.39 is 22.1 Å². The Kier molecular flexibility index (Phi) is 10.4. The standard InChI is InChI=1S/C45H71FN2O4S/c1-29(2)34-24-37(47-22-23-48-25-30(3)53(50,51)31(4)26-48)33-14-18-43(8)36(40(33)34)10-11-39-42(7)17-15-35(41(5,6)38(42)16-19-44(39,43)9)32-12-20-45(27-46,21-13-32)52-28-49/h12,15,28,30-31,33-34,36-40,47H,1,10-11,13-14,16-27H2,2-9H3/t30?,31?,33?,34-,36+,37+,38-,39+,40+,42-,43+,44+,45-/m0/s1. The highest BCUT2D eigenvalue weighted by Crippen LogP contribution is 2.76. The first-order valence-corrected chi connectivity index (χ1v) is 22.9. The van der Waals surface area contributed by atoms with Crippen LogP contribution >= 0.6 is 0 Å². The van der Waals surface area contributed by atoms with Gasteiger partial charge in [0.15, 0.2) is 9.84 Å². The number of nitrogens with zero attached hydrogens (tertiary/aromatic N) is 1. The summed E-state index contributed by atoms with van der Waals surface area (Å²) in [4.78, 5) is 13.5. The fourth-order valence-corrected chi connectivity index (χ4v) is 16.7. The van der Waals surface area contributed by atoms with Gasteiger partial charge in [-0.15, -0.1) is 0 Å². The number of ether oxygens (including phenoxy) is 1. The molecule has 298 valence electrons. The molecule has 0 aromatic heterocycles. The number of nitrogens with one attached hydrogen (secondary N) is 1. The molecule has 0 bridgehead atoms. The lowest BCUT2D eigenvalue weighted by molar-refractivity contribution is -0.217. The number of allylic oxidation sites excluding steroid dienone is 4. The van der Waals surface area contributed by atoms with E-state index in [4.69, 9.17) is 4.74 Å². The smallest absolute Gasteiger partial charge is 0.293 e. The zero-order valence-electron chi connectivity index (χ0n) is 34.3. The van der Waals surface area contributed by atoms with Gasteiger partial charge in [-0.05, 0) is 153 Å². The molecule has 7 aliphatic rings. The fourth-order valence-electron chi connectivity index (χ4n) is 15.1. The Morgan fingerprint density at radius 1 is 0.981 bits per heavy atom. The summed E-state index contributed by atoms with van der Waals surface area (Å²) in [5, 5.41) is 3.47. The molecule has 0 aromatic rings. The number of rotatable bonds is 9. The predicted molar refractivity (Wildman–Crippen MR) is 213 cm³/mol. The first kappa shape index (κ1) is 39.7. The number of hydrogen-bond acceptors (Lipinski definition) is 6. The summed E-state index contributed by atoms with van der Waals surface area (Å²) in [5.41, 5.74) is 4.04. The Morgan fingerprint density at radius 3 is 2.30 bits per heavy atom. The third-order valence-corrected chi connectivity index (χ3v) is 20.6. The molecule has 3 unspecified atom stereocenters. The van der Waals surface area contributed by atoms with Crippen LogP contribution in [0, 0.1) is 57.2 Å². The SMILES string of the molecule is C=C(C)[C@@H]1C[C@@H](NCCN2CC(C)S(=O)(=O)C(C)C2)C2CC[C@]3(C)[C@H](CC[C@@H]4[C@@]5(C)CC=C(C6=CC[C@](CF)(OC=O)CC6)C(C)(C)[C@@H]5CC[C@]43C)[C@H]21. The van der Waals surface area contributed by atoms with Gasteiger partial charge in [-0.3, -0.25) is 9.69 Å². The molecule has 0 radical (unpaired) electrons. The summed E-state index contributed by atoms with van der Waals surface area (Å²) >= 11 is 0. The average molecular weight is 755 g/mol. The first-order chi connectivity index (χ1) is 24.9. The second kappa shape index (κ2) is 13.9. The number of carbonyl (C=O) groups is 1. The molecule has 7 rings (SSSR count). The maximum Gasteiger partial charge on any atom is 0.293 e. The summed E-state index contributed by atoms with van der Waals surface area (Å²) in [6, 6.07) is 0.505. The van der Waals surface area contributed by atoms with Crippen molar-refractivity contribution in [1.82, 2.24) is 10.2 Å². The molecule has 0 aromatic carbocycles. The Morgan fingerprint density at radius 2 is 1.68 bits per heavy atom. The predicted octanol–water partition coefficient (Wildman–Crippen LogP) is 8.88. The van der Waals surface area contributed by atoms with Crippen LogP contribution in [0.5, 0.6) is 0 Å². The Balaban J connectivity index is 1.08. The van der Waals surface area contributed by atoms with E-state index >= 15 is 0 Å². The van der Waals surface area contributed by atoms with Crippen molar-refractivity contribution in [3.05, 3.63) is 35.5 Å². The van der Waals surface area contributed by atoms with Gasteiger partial charge in [0.1, 0.15) is 12.3 Å². The van der Waals surface area contributed by atoms with Crippen LogP contribution in [0.4, 0.5) is 4.39 Å². The second-order valence-electron chi connectivity index (χ2n) is 20.7. The van der Waals surface area contributed by atoms with Gasteiger partial charge in [0.2, 0.25) is 0 Å². The lowest BCUT2D eigenvalue weighted by Gasteiger charge is -2.71. The van der Waals surface area contributed by atoms with Crippen LogP contribution in [0.2, 0.25) is 0 Å². The topological polar surface area (TPSA) is 75.7 Å². The molecule has 8 heteroatoms. The monoisotopic (exact) mass is 755 g/mol. The van der Waals surface area contributed by atoms with Gasteiger partial charge in [0, 0.05) is 38.6 Å². The fraction of sp³-hybridized carbons (Fsp3) is 0.844.